The fourth-order valence-corrected chi connectivity index (χ4v) is 7.90. The molecule has 0 aliphatic heterocycles. The minimum atomic E-state index is -0.858. The molecule has 0 fully saturated rings. The number of carbonyl (C=O) groups excluding carboxylic acids is 1. The summed E-state index contributed by atoms with van der Waals surface area (Å²) in [5.74, 6) is -0.0711. The Hall–Kier alpha value is -1.39. The predicted octanol–water partition coefficient (Wildman–Crippen LogP) is 16.5. The molecule has 0 aromatic rings. The lowest BCUT2D eigenvalue weighted by Crippen LogP contribution is -2.45. The summed E-state index contributed by atoms with van der Waals surface area (Å²) in [5.41, 5.74) is 0. The van der Waals surface area contributed by atoms with Gasteiger partial charge < -0.3 is 15.5 Å². The number of nitrogens with one attached hydrogen (secondary N) is 1. The van der Waals surface area contributed by atoms with E-state index < -0.39 is 12.1 Å². The highest BCUT2D eigenvalue weighted by Gasteiger charge is 2.17. The molecule has 0 heterocycles. The summed E-state index contributed by atoms with van der Waals surface area (Å²) in [6, 6.07) is -0.635. The molecule has 0 aromatic heterocycles. The van der Waals surface area contributed by atoms with Crippen LogP contribution in [-0.4, -0.2) is 34.9 Å². The van der Waals surface area contributed by atoms with Crippen LogP contribution in [0.3, 0.4) is 0 Å². The van der Waals surface area contributed by atoms with Crippen molar-refractivity contribution in [2.45, 2.75) is 289 Å². The average Bonchev–Trinajstić information content (AvgIpc) is 3.22. The molecule has 0 spiro atoms. The first-order chi connectivity index (χ1) is 28.2. The van der Waals surface area contributed by atoms with Gasteiger partial charge in [0.15, 0.2) is 0 Å². The van der Waals surface area contributed by atoms with Crippen LogP contribution in [0, 0.1) is 0 Å². The second kappa shape index (κ2) is 49.0. The molecule has 57 heavy (non-hydrogen) atoms. The van der Waals surface area contributed by atoms with Crippen molar-refractivity contribution in [1.29, 1.82) is 0 Å². The van der Waals surface area contributed by atoms with Crippen molar-refractivity contribution >= 4 is 5.91 Å². The van der Waals surface area contributed by atoms with Gasteiger partial charge in [-0.15, -0.1) is 0 Å². The standard InChI is InChI=1S/C53H101NO3/c1-3-5-7-9-11-13-15-17-18-19-20-21-22-23-24-25-26-27-28-29-30-31-32-33-34-35-36-37-39-41-43-45-47-49-53(57)54-51(50-55)52(56)48-46-44-42-40-38-16-14-12-10-8-6-4-2/h19-20,38,40,46,48,51-52,55-56H,3-18,21-37,39,41-45,47,49-50H2,1-2H3,(H,54,57)/b20-19-,40-38+,48-46+. The zero-order valence-corrected chi connectivity index (χ0v) is 38.6. The molecule has 1 amide bonds. The van der Waals surface area contributed by atoms with Gasteiger partial charge in [-0.1, -0.05) is 249 Å². The van der Waals surface area contributed by atoms with Crippen molar-refractivity contribution in [3.63, 3.8) is 0 Å². The molecule has 2 unspecified atom stereocenters. The largest absolute Gasteiger partial charge is 0.394 e. The molecule has 4 nitrogen and oxygen atoms in total. The number of rotatable bonds is 47. The van der Waals surface area contributed by atoms with Gasteiger partial charge in [-0.2, -0.15) is 0 Å². The number of amides is 1. The highest BCUT2D eigenvalue weighted by atomic mass is 16.3. The van der Waals surface area contributed by atoms with E-state index in [9.17, 15) is 15.0 Å². The van der Waals surface area contributed by atoms with Crippen LogP contribution in [0.5, 0.6) is 0 Å². The van der Waals surface area contributed by atoms with Crippen LogP contribution in [0.4, 0.5) is 0 Å². The molecule has 336 valence electrons. The number of hydrogen-bond acceptors (Lipinski definition) is 3. The van der Waals surface area contributed by atoms with Crippen molar-refractivity contribution in [1.82, 2.24) is 5.32 Å². The van der Waals surface area contributed by atoms with Crippen molar-refractivity contribution < 1.29 is 15.0 Å². The topological polar surface area (TPSA) is 69.6 Å². The first-order valence-corrected chi connectivity index (χ1v) is 25.7. The molecule has 3 N–H and O–H groups in total. The molecular weight excluding hydrogens is 699 g/mol. The van der Waals surface area contributed by atoms with Gasteiger partial charge in [0.25, 0.3) is 0 Å². The predicted molar refractivity (Wildman–Crippen MR) is 253 cm³/mol. The monoisotopic (exact) mass is 800 g/mol. The fraction of sp³-hybridized carbons (Fsp3) is 0.868. The van der Waals surface area contributed by atoms with Crippen molar-refractivity contribution in [2.24, 2.45) is 0 Å². The van der Waals surface area contributed by atoms with Crippen LogP contribution in [-0.2, 0) is 4.79 Å². The Balaban J connectivity index is 3.42. The average molecular weight is 800 g/mol. The molecule has 0 bridgehead atoms. The Labute approximate surface area is 357 Å². The van der Waals surface area contributed by atoms with Gasteiger partial charge in [-0.25, -0.2) is 0 Å². The molecule has 0 aliphatic rings. The molecular formula is C53H101NO3. The van der Waals surface area contributed by atoms with Gasteiger partial charge in [0, 0.05) is 6.42 Å². The number of unbranched alkanes of at least 4 members (excludes halogenated alkanes) is 36. The van der Waals surface area contributed by atoms with Gasteiger partial charge >= 0.3 is 0 Å². The lowest BCUT2D eigenvalue weighted by Gasteiger charge is -2.19. The summed E-state index contributed by atoms with van der Waals surface area (Å²) in [7, 11) is 0. The highest BCUT2D eigenvalue weighted by Crippen LogP contribution is 2.16. The maximum atomic E-state index is 12.4. The zero-order chi connectivity index (χ0) is 41.4. The molecule has 0 aromatic carbocycles. The van der Waals surface area contributed by atoms with E-state index in [4.69, 9.17) is 0 Å². The van der Waals surface area contributed by atoms with Gasteiger partial charge in [0.1, 0.15) is 0 Å². The smallest absolute Gasteiger partial charge is 0.220 e. The van der Waals surface area contributed by atoms with Gasteiger partial charge in [-0.05, 0) is 57.8 Å². The van der Waals surface area contributed by atoms with E-state index in [1.54, 1.807) is 6.08 Å². The van der Waals surface area contributed by atoms with Gasteiger partial charge in [0.2, 0.25) is 5.91 Å². The van der Waals surface area contributed by atoms with Crippen LogP contribution in [0.1, 0.15) is 277 Å². The van der Waals surface area contributed by atoms with E-state index in [-0.39, 0.29) is 12.5 Å². The summed E-state index contributed by atoms with van der Waals surface area (Å²) < 4.78 is 0. The third kappa shape index (κ3) is 45.5. The van der Waals surface area contributed by atoms with Crippen LogP contribution >= 0.6 is 0 Å². The number of aliphatic hydroxyl groups is 2. The minimum absolute atomic E-state index is 0.0711. The van der Waals surface area contributed by atoms with E-state index >= 15 is 0 Å². The number of hydrogen-bond donors (Lipinski definition) is 3. The molecule has 0 saturated heterocycles. The minimum Gasteiger partial charge on any atom is -0.394 e. The normalized spacial score (nSPS) is 13.1. The molecule has 2 atom stereocenters. The lowest BCUT2D eigenvalue weighted by atomic mass is 10.0. The van der Waals surface area contributed by atoms with E-state index in [1.165, 1.54) is 225 Å². The summed E-state index contributed by atoms with van der Waals surface area (Å²) in [4.78, 5) is 12.4. The fourth-order valence-electron chi connectivity index (χ4n) is 7.90. The second-order valence-electron chi connectivity index (χ2n) is 17.6. The number of allylic oxidation sites excluding steroid dienone is 5. The lowest BCUT2D eigenvalue weighted by molar-refractivity contribution is -0.123. The Morgan fingerprint density at radius 2 is 0.684 bits per heavy atom. The quantitative estimate of drug-likeness (QED) is 0.0424. The van der Waals surface area contributed by atoms with Crippen molar-refractivity contribution in [2.75, 3.05) is 6.61 Å². The molecule has 0 aliphatic carbocycles. The van der Waals surface area contributed by atoms with E-state index in [0.717, 1.165) is 32.1 Å². The van der Waals surface area contributed by atoms with Crippen LogP contribution < -0.4 is 5.32 Å². The van der Waals surface area contributed by atoms with Crippen molar-refractivity contribution in [3.8, 4) is 0 Å². The maximum Gasteiger partial charge on any atom is 0.220 e. The van der Waals surface area contributed by atoms with Crippen molar-refractivity contribution in [3.05, 3.63) is 36.5 Å². The van der Waals surface area contributed by atoms with Crippen LogP contribution in [0.25, 0.3) is 0 Å². The Morgan fingerprint density at radius 1 is 0.404 bits per heavy atom. The number of carbonyl (C=O) groups is 1. The molecule has 4 heteroatoms. The SMILES string of the molecule is CCCCCCCC/C=C/CC/C=C/C(O)C(CO)NC(=O)CCCCCCCCCCCCCCCCCCCCCCC/C=C\CCCCCCCCCC. The number of aliphatic hydroxyl groups excluding tert-OH is 2. The molecule has 0 rings (SSSR count). The summed E-state index contributed by atoms with van der Waals surface area (Å²) in [5, 5.41) is 23.0. The summed E-state index contributed by atoms with van der Waals surface area (Å²) in [6.07, 6.45) is 65.9. The van der Waals surface area contributed by atoms with Gasteiger partial charge in [0.05, 0.1) is 18.8 Å². The first-order valence-electron chi connectivity index (χ1n) is 25.7. The Kier molecular flexibility index (Phi) is 47.8. The van der Waals surface area contributed by atoms with Gasteiger partial charge in [-0.3, -0.25) is 4.79 Å². The summed E-state index contributed by atoms with van der Waals surface area (Å²) >= 11 is 0. The van der Waals surface area contributed by atoms with E-state index in [2.05, 4.69) is 43.5 Å². The second-order valence-corrected chi connectivity index (χ2v) is 17.6. The Bertz CT molecular complexity index is 866. The molecule has 0 radical (unpaired) electrons. The molecule has 0 saturated carbocycles. The zero-order valence-electron chi connectivity index (χ0n) is 38.6. The summed E-state index contributed by atoms with van der Waals surface area (Å²) in [6.45, 7) is 4.29. The maximum absolute atomic E-state index is 12.4. The highest BCUT2D eigenvalue weighted by molar-refractivity contribution is 5.76. The van der Waals surface area contributed by atoms with E-state index in [0.29, 0.717) is 6.42 Å². The van der Waals surface area contributed by atoms with Crippen LogP contribution in [0.2, 0.25) is 0 Å². The Morgan fingerprint density at radius 3 is 1.02 bits per heavy atom. The third-order valence-electron chi connectivity index (χ3n) is 11.8. The first kappa shape index (κ1) is 55.6. The van der Waals surface area contributed by atoms with E-state index in [1.807, 2.05) is 6.08 Å². The van der Waals surface area contributed by atoms with Crippen LogP contribution in [0.15, 0.2) is 36.5 Å². The third-order valence-corrected chi connectivity index (χ3v) is 11.8.